The van der Waals surface area contributed by atoms with Crippen LogP contribution in [0.25, 0.3) is 11.0 Å². The van der Waals surface area contributed by atoms with E-state index in [1.165, 1.54) is 0 Å². The van der Waals surface area contributed by atoms with Gasteiger partial charge in [-0.3, -0.25) is 4.79 Å². The number of rotatable bonds is 2. The smallest absolute Gasteiger partial charge is 0.349 e. The lowest BCUT2D eigenvalue weighted by Crippen LogP contribution is -2.41. The Hall–Kier alpha value is -2.14. The van der Waals surface area contributed by atoms with Crippen molar-refractivity contribution in [3.05, 3.63) is 45.8 Å². The van der Waals surface area contributed by atoms with E-state index < -0.39 is 5.63 Å². The molecule has 0 spiro atoms. The van der Waals surface area contributed by atoms with Gasteiger partial charge in [0.25, 0.3) is 5.91 Å². The molecule has 0 atom stereocenters. The standard InChI is InChI=1S/C17H20N2O3/c1-10-2-3-11-9-14(17(21)22-15(11)8-10)16(20)19-13-6-4-12(18)5-7-13/h2-3,8-9,12-13H,4-7,18H2,1H3,(H,19,20). The van der Waals surface area contributed by atoms with E-state index >= 15 is 0 Å². The van der Waals surface area contributed by atoms with Gasteiger partial charge in [0.2, 0.25) is 0 Å². The monoisotopic (exact) mass is 300 g/mol. The summed E-state index contributed by atoms with van der Waals surface area (Å²) in [6.45, 7) is 1.92. The second-order valence-corrected chi connectivity index (χ2v) is 6.07. The van der Waals surface area contributed by atoms with Gasteiger partial charge in [-0.25, -0.2) is 4.79 Å². The van der Waals surface area contributed by atoms with Gasteiger partial charge in [-0.1, -0.05) is 12.1 Å². The molecule has 0 aliphatic heterocycles. The lowest BCUT2D eigenvalue weighted by atomic mass is 9.91. The Balaban J connectivity index is 1.83. The molecule has 5 nitrogen and oxygen atoms in total. The van der Waals surface area contributed by atoms with Crippen LogP contribution >= 0.6 is 0 Å². The van der Waals surface area contributed by atoms with Crippen molar-refractivity contribution in [3.63, 3.8) is 0 Å². The van der Waals surface area contributed by atoms with Gasteiger partial charge < -0.3 is 15.5 Å². The molecule has 1 aromatic carbocycles. The molecule has 116 valence electrons. The van der Waals surface area contributed by atoms with Crippen LogP contribution in [-0.4, -0.2) is 18.0 Å². The first-order valence-corrected chi connectivity index (χ1v) is 7.64. The van der Waals surface area contributed by atoms with E-state index in [0.717, 1.165) is 36.6 Å². The highest BCUT2D eigenvalue weighted by Gasteiger charge is 2.22. The Morgan fingerprint density at radius 3 is 2.68 bits per heavy atom. The van der Waals surface area contributed by atoms with Crippen molar-refractivity contribution in [1.29, 1.82) is 0 Å². The van der Waals surface area contributed by atoms with E-state index in [4.69, 9.17) is 10.2 Å². The predicted octanol–water partition coefficient (Wildman–Crippen LogP) is 2.10. The van der Waals surface area contributed by atoms with Gasteiger partial charge in [-0.2, -0.15) is 0 Å². The molecule has 3 N–H and O–H groups in total. The van der Waals surface area contributed by atoms with Gasteiger partial charge in [0.05, 0.1) is 0 Å². The summed E-state index contributed by atoms with van der Waals surface area (Å²) in [4.78, 5) is 24.4. The second-order valence-electron chi connectivity index (χ2n) is 6.07. The summed E-state index contributed by atoms with van der Waals surface area (Å²) in [5.41, 5.74) is 6.84. The summed E-state index contributed by atoms with van der Waals surface area (Å²) in [7, 11) is 0. The SMILES string of the molecule is Cc1ccc2cc(C(=O)NC3CCC(N)CC3)c(=O)oc2c1. The number of hydrogen-bond donors (Lipinski definition) is 2. The van der Waals surface area contributed by atoms with E-state index in [9.17, 15) is 9.59 Å². The van der Waals surface area contributed by atoms with Crippen LogP contribution in [0.5, 0.6) is 0 Å². The molecule has 5 heteroatoms. The van der Waals surface area contributed by atoms with Crippen molar-refractivity contribution < 1.29 is 9.21 Å². The summed E-state index contributed by atoms with van der Waals surface area (Å²) in [5, 5.41) is 3.67. The Morgan fingerprint density at radius 1 is 1.23 bits per heavy atom. The van der Waals surface area contributed by atoms with E-state index in [0.29, 0.717) is 5.58 Å². The minimum atomic E-state index is -0.594. The van der Waals surface area contributed by atoms with Crippen LogP contribution in [0.4, 0.5) is 0 Å². The quantitative estimate of drug-likeness (QED) is 0.832. The van der Waals surface area contributed by atoms with Crippen molar-refractivity contribution in [3.8, 4) is 0 Å². The zero-order valence-electron chi connectivity index (χ0n) is 12.6. The number of amides is 1. The van der Waals surface area contributed by atoms with Crippen molar-refractivity contribution in [1.82, 2.24) is 5.32 Å². The van der Waals surface area contributed by atoms with Crippen LogP contribution in [0.3, 0.4) is 0 Å². The molecule has 0 saturated heterocycles. The summed E-state index contributed by atoms with van der Waals surface area (Å²) in [5.74, 6) is -0.364. The molecule has 1 aliphatic rings. The molecule has 1 heterocycles. The van der Waals surface area contributed by atoms with Crippen LogP contribution in [0.2, 0.25) is 0 Å². The number of carbonyl (C=O) groups excluding carboxylic acids is 1. The van der Waals surface area contributed by atoms with Gasteiger partial charge in [0, 0.05) is 17.5 Å². The van der Waals surface area contributed by atoms with Crippen molar-refractivity contribution in [2.45, 2.75) is 44.7 Å². The fourth-order valence-electron chi connectivity index (χ4n) is 2.90. The number of benzene rings is 1. The Kier molecular flexibility index (Phi) is 3.98. The normalized spacial score (nSPS) is 21.7. The van der Waals surface area contributed by atoms with E-state index in [2.05, 4.69) is 5.32 Å². The van der Waals surface area contributed by atoms with Crippen LogP contribution in [0.15, 0.2) is 33.5 Å². The van der Waals surface area contributed by atoms with Gasteiger partial charge in [-0.15, -0.1) is 0 Å². The van der Waals surface area contributed by atoms with E-state index in [-0.39, 0.29) is 23.6 Å². The molecule has 1 amide bonds. The maximum Gasteiger partial charge on any atom is 0.349 e. The van der Waals surface area contributed by atoms with Crippen LogP contribution < -0.4 is 16.7 Å². The average Bonchev–Trinajstić information content (AvgIpc) is 2.48. The van der Waals surface area contributed by atoms with Crippen molar-refractivity contribution >= 4 is 16.9 Å². The van der Waals surface area contributed by atoms with Gasteiger partial charge in [0.1, 0.15) is 11.1 Å². The predicted molar refractivity (Wildman–Crippen MR) is 84.9 cm³/mol. The topological polar surface area (TPSA) is 85.3 Å². The lowest BCUT2D eigenvalue weighted by Gasteiger charge is -2.26. The molecule has 1 fully saturated rings. The number of nitrogens with two attached hydrogens (primary N) is 1. The molecule has 0 unspecified atom stereocenters. The highest BCUT2D eigenvalue weighted by atomic mass is 16.4. The van der Waals surface area contributed by atoms with Crippen LogP contribution in [-0.2, 0) is 0 Å². The number of fused-ring (bicyclic) bond motifs is 1. The molecule has 1 saturated carbocycles. The third-order valence-corrected chi connectivity index (χ3v) is 4.24. The summed E-state index contributed by atoms with van der Waals surface area (Å²) in [6.07, 6.45) is 3.50. The summed E-state index contributed by atoms with van der Waals surface area (Å²) < 4.78 is 5.26. The van der Waals surface area contributed by atoms with Gasteiger partial charge in [-0.05, 0) is 50.3 Å². The minimum absolute atomic E-state index is 0.0613. The maximum atomic E-state index is 12.3. The number of carbonyl (C=O) groups is 1. The van der Waals surface area contributed by atoms with Crippen LogP contribution in [0.1, 0.15) is 41.6 Å². The van der Waals surface area contributed by atoms with Gasteiger partial charge in [0.15, 0.2) is 0 Å². The molecule has 1 aliphatic carbocycles. The first-order chi connectivity index (χ1) is 10.5. The molecular formula is C17H20N2O3. The molecular weight excluding hydrogens is 280 g/mol. The average molecular weight is 300 g/mol. The molecule has 0 radical (unpaired) electrons. The number of nitrogens with one attached hydrogen (secondary N) is 1. The summed E-state index contributed by atoms with van der Waals surface area (Å²) >= 11 is 0. The van der Waals surface area contributed by atoms with E-state index in [1.54, 1.807) is 12.1 Å². The van der Waals surface area contributed by atoms with Crippen LogP contribution in [0, 0.1) is 6.92 Å². The number of aryl methyl sites for hydroxylation is 1. The molecule has 2 aromatic rings. The first kappa shape index (κ1) is 14.8. The Bertz CT molecular complexity index is 758. The minimum Gasteiger partial charge on any atom is -0.422 e. The zero-order valence-corrected chi connectivity index (χ0v) is 12.6. The summed E-state index contributed by atoms with van der Waals surface area (Å²) in [6, 6.07) is 7.48. The second kappa shape index (κ2) is 5.93. The lowest BCUT2D eigenvalue weighted by molar-refractivity contribution is 0.0922. The van der Waals surface area contributed by atoms with E-state index in [1.807, 2.05) is 19.1 Å². The zero-order chi connectivity index (χ0) is 15.7. The van der Waals surface area contributed by atoms with Crippen molar-refractivity contribution in [2.75, 3.05) is 0 Å². The Labute approximate surface area is 128 Å². The first-order valence-electron chi connectivity index (χ1n) is 7.64. The highest BCUT2D eigenvalue weighted by molar-refractivity contribution is 5.96. The highest BCUT2D eigenvalue weighted by Crippen LogP contribution is 2.18. The molecule has 22 heavy (non-hydrogen) atoms. The maximum absolute atomic E-state index is 12.3. The largest absolute Gasteiger partial charge is 0.422 e. The fourth-order valence-corrected chi connectivity index (χ4v) is 2.90. The van der Waals surface area contributed by atoms with Gasteiger partial charge >= 0.3 is 5.63 Å². The molecule has 0 bridgehead atoms. The Morgan fingerprint density at radius 2 is 1.95 bits per heavy atom. The van der Waals surface area contributed by atoms with Crippen molar-refractivity contribution in [2.24, 2.45) is 5.73 Å². The third-order valence-electron chi connectivity index (χ3n) is 4.24. The molecule has 3 rings (SSSR count). The fraction of sp³-hybridized carbons (Fsp3) is 0.412. The third kappa shape index (κ3) is 3.04. The number of hydrogen-bond acceptors (Lipinski definition) is 4. The molecule has 1 aromatic heterocycles.